The van der Waals surface area contributed by atoms with Crippen LogP contribution < -0.4 is 0 Å². The molecular weight excluding hydrogens is 200 g/mol. The Morgan fingerprint density at radius 3 is 2.00 bits per heavy atom. The largest absolute Gasteiger partial charge is 0.392 e. The molecule has 0 bridgehead atoms. The summed E-state index contributed by atoms with van der Waals surface area (Å²) in [6, 6.07) is 15.7. The van der Waals surface area contributed by atoms with Crippen molar-refractivity contribution in [3.8, 4) is 11.1 Å². The number of hydrogen-bond acceptors (Lipinski definition) is 2. The molecule has 2 heteroatoms. The third-order valence-corrected chi connectivity index (χ3v) is 2.65. The van der Waals surface area contributed by atoms with E-state index in [2.05, 4.69) is 0 Å². The minimum absolute atomic E-state index is 0.0367. The lowest BCUT2D eigenvalue weighted by Gasteiger charge is -2.08. The summed E-state index contributed by atoms with van der Waals surface area (Å²) in [5.74, 6) is 0. The minimum atomic E-state index is -0.0451. The van der Waals surface area contributed by atoms with Gasteiger partial charge in [-0.2, -0.15) is 0 Å². The third kappa shape index (κ3) is 2.13. The topological polar surface area (TPSA) is 40.5 Å². The van der Waals surface area contributed by atoms with Gasteiger partial charge in [0.1, 0.15) is 0 Å². The Kier molecular flexibility index (Phi) is 3.34. The van der Waals surface area contributed by atoms with Crippen molar-refractivity contribution >= 4 is 0 Å². The van der Waals surface area contributed by atoms with Gasteiger partial charge in [0.05, 0.1) is 13.2 Å². The van der Waals surface area contributed by atoms with E-state index in [9.17, 15) is 5.11 Å². The Balaban J connectivity index is 2.44. The van der Waals surface area contributed by atoms with Crippen LogP contribution in [0.2, 0.25) is 0 Å². The van der Waals surface area contributed by atoms with Gasteiger partial charge in [-0.3, -0.25) is 0 Å². The van der Waals surface area contributed by atoms with Crippen molar-refractivity contribution in [2.75, 3.05) is 0 Å². The van der Waals surface area contributed by atoms with Gasteiger partial charge in [0.15, 0.2) is 0 Å². The van der Waals surface area contributed by atoms with Gasteiger partial charge in [0, 0.05) is 0 Å². The lowest BCUT2D eigenvalue weighted by atomic mass is 10.00. The van der Waals surface area contributed by atoms with Crippen molar-refractivity contribution in [3.63, 3.8) is 0 Å². The molecule has 0 aliphatic rings. The predicted molar refractivity (Wildman–Crippen MR) is 63.7 cm³/mol. The van der Waals surface area contributed by atoms with Gasteiger partial charge < -0.3 is 10.2 Å². The van der Waals surface area contributed by atoms with Gasteiger partial charge in [-0.1, -0.05) is 42.5 Å². The quantitative estimate of drug-likeness (QED) is 0.823. The zero-order chi connectivity index (χ0) is 11.4. The molecule has 0 aliphatic carbocycles. The van der Waals surface area contributed by atoms with E-state index >= 15 is 0 Å². The molecule has 0 atom stereocenters. The van der Waals surface area contributed by atoms with Crippen LogP contribution in [0.25, 0.3) is 11.1 Å². The summed E-state index contributed by atoms with van der Waals surface area (Å²) in [5, 5.41) is 18.3. The highest BCUT2D eigenvalue weighted by molar-refractivity contribution is 5.64. The molecule has 0 saturated carbocycles. The molecular formula is C14H14O2. The van der Waals surface area contributed by atoms with Gasteiger partial charge >= 0.3 is 0 Å². The number of hydrogen-bond donors (Lipinski definition) is 2. The molecule has 2 aromatic carbocycles. The molecule has 0 saturated heterocycles. The SMILES string of the molecule is OCc1ccc(-c2ccccc2)cc1CO. The van der Waals surface area contributed by atoms with E-state index in [-0.39, 0.29) is 13.2 Å². The second-order valence-electron chi connectivity index (χ2n) is 3.67. The van der Waals surface area contributed by atoms with Crippen LogP contribution in [0.4, 0.5) is 0 Å². The first-order valence-corrected chi connectivity index (χ1v) is 5.24. The number of aliphatic hydroxyl groups is 2. The molecule has 0 radical (unpaired) electrons. The maximum absolute atomic E-state index is 9.21. The minimum Gasteiger partial charge on any atom is -0.392 e. The number of rotatable bonds is 3. The molecule has 0 spiro atoms. The van der Waals surface area contributed by atoms with Gasteiger partial charge in [0.2, 0.25) is 0 Å². The van der Waals surface area contributed by atoms with Crippen LogP contribution in [0, 0.1) is 0 Å². The molecule has 16 heavy (non-hydrogen) atoms. The first-order chi connectivity index (χ1) is 7.85. The molecule has 0 unspecified atom stereocenters. The van der Waals surface area contributed by atoms with Crippen LogP contribution in [-0.2, 0) is 13.2 Å². The highest BCUT2D eigenvalue weighted by Crippen LogP contribution is 2.22. The maximum Gasteiger partial charge on any atom is 0.0685 e. The average molecular weight is 214 g/mol. The Labute approximate surface area is 94.8 Å². The fourth-order valence-corrected chi connectivity index (χ4v) is 1.74. The van der Waals surface area contributed by atoms with E-state index in [1.165, 1.54) is 0 Å². The van der Waals surface area contributed by atoms with Crippen molar-refractivity contribution in [1.82, 2.24) is 0 Å². The van der Waals surface area contributed by atoms with Crippen molar-refractivity contribution in [2.45, 2.75) is 13.2 Å². The Bertz CT molecular complexity index is 463. The summed E-state index contributed by atoms with van der Waals surface area (Å²) in [4.78, 5) is 0. The molecule has 0 amide bonds. The van der Waals surface area contributed by atoms with E-state index in [0.29, 0.717) is 0 Å². The van der Waals surface area contributed by atoms with E-state index in [1.54, 1.807) is 0 Å². The van der Waals surface area contributed by atoms with Crippen molar-refractivity contribution in [2.24, 2.45) is 0 Å². The van der Waals surface area contributed by atoms with Crippen LogP contribution in [0.15, 0.2) is 48.5 Å². The molecule has 82 valence electrons. The van der Waals surface area contributed by atoms with Gasteiger partial charge in [-0.05, 0) is 28.3 Å². The van der Waals surface area contributed by atoms with Gasteiger partial charge in [0.25, 0.3) is 0 Å². The lowest BCUT2D eigenvalue weighted by Crippen LogP contribution is -1.94. The normalized spacial score (nSPS) is 10.4. The van der Waals surface area contributed by atoms with Crippen LogP contribution >= 0.6 is 0 Å². The molecule has 2 rings (SSSR count). The maximum atomic E-state index is 9.21. The van der Waals surface area contributed by atoms with E-state index in [4.69, 9.17) is 5.11 Å². The van der Waals surface area contributed by atoms with Gasteiger partial charge in [-0.25, -0.2) is 0 Å². The van der Waals surface area contributed by atoms with Crippen LogP contribution in [0.3, 0.4) is 0 Å². The molecule has 0 aromatic heterocycles. The Hall–Kier alpha value is -1.64. The van der Waals surface area contributed by atoms with Crippen molar-refractivity contribution in [1.29, 1.82) is 0 Å². The van der Waals surface area contributed by atoms with E-state index in [1.807, 2.05) is 48.5 Å². The van der Waals surface area contributed by atoms with Gasteiger partial charge in [-0.15, -0.1) is 0 Å². The molecule has 0 heterocycles. The third-order valence-electron chi connectivity index (χ3n) is 2.65. The Morgan fingerprint density at radius 2 is 1.38 bits per heavy atom. The first kappa shape index (κ1) is 10.9. The molecule has 0 aliphatic heterocycles. The highest BCUT2D eigenvalue weighted by atomic mass is 16.3. The first-order valence-electron chi connectivity index (χ1n) is 5.24. The standard InChI is InChI=1S/C14H14O2/c15-9-13-7-6-12(8-14(13)10-16)11-4-2-1-3-5-11/h1-8,15-16H,9-10H2. The van der Waals surface area contributed by atoms with Crippen LogP contribution in [0.1, 0.15) is 11.1 Å². The molecule has 0 fully saturated rings. The fraction of sp³-hybridized carbons (Fsp3) is 0.143. The summed E-state index contributed by atoms with van der Waals surface area (Å²) < 4.78 is 0. The van der Waals surface area contributed by atoms with Crippen molar-refractivity contribution < 1.29 is 10.2 Å². The average Bonchev–Trinajstić information content (AvgIpc) is 2.39. The summed E-state index contributed by atoms with van der Waals surface area (Å²) in [6.45, 7) is -0.0818. The Morgan fingerprint density at radius 1 is 0.688 bits per heavy atom. The predicted octanol–water partition coefficient (Wildman–Crippen LogP) is 2.34. The van der Waals surface area contributed by atoms with E-state index < -0.39 is 0 Å². The monoisotopic (exact) mass is 214 g/mol. The fourth-order valence-electron chi connectivity index (χ4n) is 1.74. The number of benzene rings is 2. The van der Waals surface area contributed by atoms with E-state index in [0.717, 1.165) is 22.3 Å². The van der Waals surface area contributed by atoms with Crippen molar-refractivity contribution in [3.05, 3.63) is 59.7 Å². The lowest BCUT2D eigenvalue weighted by molar-refractivity contribution is 0.260. The summed E-state index contributed by atoms with van der Waals surface area (Å²) in [7, 11) is 0. The molecule has 2 aromatic rings. The summed E-state index contributed by atoms with van der Waals surface area (Å²) in [6.07, 6.45) is 0. The zero-order valence-corrected chi connectivity index (χ0v) is 8.93. The van der Waals surface area contributed by atoms with Crippen LogP contribution in [-0.4, -0.2) is 10.2 Å². The highest BCUT2D eigenvalue weighted by Gasteiger charge is 2.03. The second kappa shape index (κ2) is 4.92. The number of aliphatic hydroxyl groups excluding tert-OH is 2. The smallest absolute Gasteiger partial charge is 0.0685 e. The van der Waals surface area contributed by atoms with Crippen LogP contribution in [0.5, 0.6) is 0 Å². The summed E-state index contributed by atoms with van der Waals surface area (Å²) in [5.41, 5.74) is 3.73. The zero-order valence-electron chi connectivity index (χ0n) is 8.93. The summed E-state index contributed by atoms with van der Waals surface area (Å²) >= 11 is 0. The molecule has 2 nitrogen and oxygen atoms in total. The second-order valence-corrected chi connectivity index (χ2v) is 3.67. The molecule has 2 N–H and O–H groups in total.